The van der Waals surface area contributed by atoms with Crippen molar-refractivity contribution < 1.29 is 23.6 Å². The molecule has 2 atom stereocenters. The van der Waals surface area contributed by atoms with Crippen LogP contribution in [0.3, 0.4) is 0 Å². The number of nitro benzene ring substituents is 1. The number of nitrogens with zero attached hydrogens (tertiary/aromatic N) is 1. The Hall–Kier alpha value is -3.00. The Morgan fingerprint density at radius 1 is 1.28 bits per heavy atom. The lowest BCUT2D eigenvalue weighted by Crippen LogP contribution is -2.40. The Morgan fingerprint density at radius 2 is 1.96 bits per heavy atom. The number of carbonyl (C=O) groups excluding carboxylic acids is 1. The summed E-state index contributed by atoms with van der Waals surface area (Å²) in [6.07, 6.45) is -1.04. The Labute approximate surface area is 143 Å². The lowest BCUT2D eigenvalue weighted by Gasteiger charge is -2.24. The number of halogens is 1. The van der Waals surface area contributed by atoms with Crippen molar-refractivity contribution in [3.05, 3.63) is 70.0 Å². The molecule has 2 aromatic rings. The molecule has 2 unspecified atom stereocenters. The predicted octanol–water partition coefficient (Wildman–Crippen LogP) is 2.74. The normalized spacial score (nSPS) is 12.9. The quantitative estimate of drug-likeness (QED) is 0.469. The van der Waals surface area contributed by atoms with Gasteiger partial charge in [-0.05, 0) is 24.6 Å². The molecule has 2 rings (SSSR count). The van der Waals surface area contributed by atoms with Gasteiger partial charge in [0.05, 0.1) is 17.6 Å². The van der Waals surface area contributed by atoms with Crippen LogP contribution in [0, 0.1) is 15.9 Å². The predicted molar refractivity (Wildman–Crippen MR) is 87.5 cm³/mol. The third-order valence-corrected chi connectivity index (χ3v) is 3.38. The highest BCUT2D eigenvalue weighted by molar-refractivity contribution is 5.76. The number of ether oxygens (including phenoxy) is 2. The lowest BCUT2D eigenvalue weighted by molar-refractivity contribution is -0.386. The fraction of sp³-hybridized carbons (Fsp3) is 0.235. The highest BCUT2D eigenvalue weighted by Gasteiger charge is 2.31. The third kappa shape index (κ3) is 4.51. The zero-order valence-corrected chi connectivity index (χ0v) is 13.4. The summed E-state index contributed by atoms with van der Waals surface area (Å²) in [6, 6.07) is 10.2. The van der Waals surface area contributed by atoms with Crippen molar-refractivity contribution in [1.82, 2.24) is 0 Å². The van der Waals surface area contributed by atoms with Gasteiger partial charge in [0.15, 0.2) is 5.75 Å². The molecule has 2 N–H and O–H groups in total. The average molecular weight is 348 g/mol. The molecule has 0 radical (unpaired) electrons. The van der Waals surface area contributed by atoms with Gasteiger partial charge >= 0.3 is 11.7 Å². The highest BCUT2D eigenvalue weighted by atomic mass is 19.1. The molecule has 0 aliphatic rings. The summed E-state index contributed by atoms with van der Waals surface area (Å²) in [4.78, 5) is 22.4. The Balaban J connectivity index is 2.41. The minimum absolute atomic E-state index is 0.130. The van der Waals surface area contributed by atoms with Gasteiger partial charge in [-0.25, -0.2) is 4.39 Å². The van der Waals surface area contributed by atoms with Crippen molar-refractivity contribution >= 4 is 11.7 Å². The summed E-state index contributed by atoms with van der Waals surface area (Å²) in [5.74, 6) is -1.67. The van der Waals surface area contributed by atoms with E-state index in [9.17, 15) is 19.3 Å². The number of hydrogen-bond donors (Lipinski definition) is 1. The van der Waals surface area contributed by atoms with Gasteiger partial charge in [0.1, 0.15) is 18.0 Å². The van der Waals surface area contributed by atoms with E-state index in [0.29, 0.717) is 5.56 Å². The largest absolute Gasteiger partial charge is 0.476 e. The van der Waals surface area contributed by atoms with Crippen molar-refractivity contribution in [3.8, 4) is 5.75 Å². The first-order chi connectivity index (χ1) is 11.9. The number of hydrogen-bond acceptors (Lipinski definition) is 6. The maximum Gasteiger partial charge on any atom is 0.327 e. The first-order valence-electron chi connectivity index (χ1n) is 7.51. The monoisotopic (exact) mass is 348 g/mol. The molecule has 0 aromatic heterocycles. The third-order valence-electron chi connectivity index (χ3n) is 3.38. The molecule has 0 fully saturated rings. The first-order valence-corrected chi connectivity index (χ1v) is 7.51. The minimum Gasteiger partial charge on any atom is -0.476 e. The first kappa shape index (κ1) is 18.3. The van der Waals surface area contributed by atoms with E-state index >= 15 is 0 Å². The van der Waals surface area contributed by atoms with Crippen LogP contribution >= 0.6 is 0 Å². The zero-order chi connectivity index (χ0) is 18.4. The molecule has 0 heterocycles. The van der Waals surface area contributed by atoms with Crippen LogP contribution in [0.1, 0.15) is 18.6 Å². The van der Waals surface area contributed by atoms with Gasteiger partial charge in [-0.15, -0.1) is 0 Å². The number of benzene rings is 2. The number of carbonyl (C=O) groups is 1. The molecule has 0 bridgehead atoms. The van der Waals surface area contributed by atoms with Crippen molar-refractivity contribution in [1.29, 1.82) is 0 Å². The summed E-state index contributed by atoms with van der Waals surface area (Å²) in [5.41, 5.74) is 5.91. The molecule has 0 saturated carbocycles. The van der Waals surface area contributed by atoms with Crippen LogP contribution in [0.25, 0.3) is 0 Å². The summed E-state index contributed by atoms with van der Waals surface area (Å²) in [5, 5.41) is 11.1. The van der Waals surface area contributed by atoms with E-state index in [1.165, 1.54) is 0 Å². The molecule has 0 spiro atoms. The number of nitro groups is 1. The van der Waals surface area contributed by atoms with E-state index in [-0.39, 0.29) is 12.4 Å². The van der Waals surface area contributed by atoms with Gasteiger partial charge in [-0.1, -0.05) is 30.3 Å². The fourth-order valence-electron chi connectivity index (χ4n) is 2.22. The molecule has 7 nitrogen and oxygen atoms in total. The Kier molecular flexibility index (Phi) is 6.02. The minimum atomic E-state index is -1.22. The molecular weight excluding hydrogens is 331 g/mol. The second-order valence-electron chi connectivity index (χ2n) is 5.10. The summed E-state index contributed by atoms with van der Waals surface area (Å²) in [6.45, 7) is 1.76. The summed E-state index contributed by atoms with van der Waals surface area (Å²) < 4.78 is 23.8. The highest BCUT2D eigenvalue weighted by Crippen LogP contribution is 2.32. The van der Waals surface area contributed by atoms with Gasteiger partial charge in [-0.2, -0.15) is 0 Å². The van der Waals surface area contributed by atoms with E-state index in [1.807, 2.05) is 0 Å². The zero-order valence-electron chi connectivity index (χ0n) is 13.4. The van der Waals surface area contributed by atoms with Crippen LogP contribution in [0.2, 0.25) is 0 Å². The molecule has 0 aliphatic carbocycles. The van der Waals surface area contributed by atoms with E-state index in [0.717, 1.165) is 18.2 Å². The van der Waals surface area contributed by atoms with Crippen LogP contribution in [-0.4, -0.2) is 23.5 Å². The number of esters is 1. The molecule has 25 heavy (non-hydrogen) atoms. The summed E-state index contributed by atoms with van der Waals surface area (Å²) >= 11 is 0. The van der Waals surface area contributed by atoms with Gasteiger partial charge in [0, 0.05) is 0 Å². The van der Waals surface area contributed by atoms with Crippen molar-refractivity contribution in [2.24, 2.45) is 5.73 Å². The lowest BCUT2D eigenvalue weighted by atomic mass is 10.0. The molecule has 0 amide bonds. The van der Waals surface area contributed by atoms with Crippen LogP contribution in [0.5, 0.6) is 5.75 Å². The van der Waals surface area contributed by atoms with Crippen LogP contribution in [0.4, 0.5) is 10.1 Å². The standard InChI is InChI=1S/C17H17FN2O5/c1-2-24-17(21)15(19)16(11-6-4-3-5-7-11)25-14-9-8-12(18)10-13(14)20(22)23/h3-10,15-16H,2,19H2,1H3. The fourth-order valence-corrected chi connectivity index (χ4v) is 2.22. The molecule has 2 aromatic carbocycles. The van der Waals surface area contributed by atoms with Crippen LogP contribution in [0.15, 0.2) is 48.5 Å². The Morgan fingerprint density at radius 3 is 2.56 bits per heavy atom. The van der Waals surface area contributed by atoms with Crippen LogP contribution < -0.4 is 10.5 Å². The Bertz CT molecular complexity index is 754. The molecular formula is C17H17FN2O5. The average Bonchev–Trinajstić information content (AvgIpc) is 2.61. The van der Waals surface area contributed by atoms with E-state index < -0.39 is 34.5 Å². The molecule has 132 valence electrons. The number of nitrogens with two attached hydrogens (primary N) is 1. The maximum atomic E-state index is 13.3. The van der Waals surface area contributed by atoms with E-state index in [2.05, 4.69) is 0 Å². The molecule has 0 saturated heterocycles. The van der Waals surface area contributed by atoms with Gasteiger partial charge in [0.25, 0.3) is 0 Å². The smallest absolute Gasteiger partial charge is 0.327 e. The van der Waals surface area contributed by atoms with Gasteiger partial charge in [-0.3, -0.25) is 14.9 Å². The second-order valence-corrected chi connectivity index (χ2v) is 5.10. The van der Waals surface area contributed by atoms with E-state index in [1.54, 1.807) is 37.3 Å². The van der Waals surface area contributed by atoms with E-state index in [4.69, 9.17) is 15.2 Å². The van der Waals surface area contributed by atoms with Crippen molar-refractivity contribution in [2.45, 2.75) is 19.1 Å². The topological polar surface area (TPSA) is 105 Å². The van der Waals surface area contributed by atoms with Gasteiger partial charge < -0.3 is 15.2 Å². The number of rotatable bonds is 7. The van der Waals surface area contributed by atoms with Gasteiger partial charge in [0.2, 0.25) is 0 Å². The summed E-state index contributed by atoms with van der Waals surface area (Å²) in [7, 11) is 0. The SMILES string of the molecule is CCOC(=O)C(N)C(Oc1ccc(F)cc1[N+](=O)[O-])c1ccccc1. The van der Waals surface area contributed by atoms with Crippen molar-refractivity contribution in [2.75, 3.05) is 6.61 Å². The van der Waals surface area contributed by atoms with Crippen molar-refractivity contribution in [3.63, 3.8) is 0 Å². The second kappa shape index (κ2) is 8.20. The molecule has 0 aliphatic heterocycles. The molecule has 8 heteroatoms. The van der Waals surface area contributed by atoms with Crippen LogP contribution in [-0.2, 0) is 9.53 Å². The maximum absolute atomic E-state index is 13.3.